The smallest absolute Gasteiger partial charge is 0.140 e. The Labute approximate surface area is 106 Å². The molecule has 94 valence electrons. The van der Waals surface area contributed by atoms with Crippen molar-refractivity contribution in [2.24, 2.45) is 5.73 Å². The van der Waals surface area contributed by atoms with E-state index in [1.54, 1.807) is 0 Å². The van der Waals surface area contributed by atoms with Gasteiger partial charge in [0, 0.05) is 17.5 Å². The summed E-state index contributed by atoms with van der Waals surface area (Å²) in [4.78, 5) is 0. The molecular weight excluding hydrogens is 241 g/mol. The molecule has 0 spiro atoms. The minimum atomic E-state index is -0.447. The minimum Gasteiger partial charge on any atom is -0.506 e. The van der Waals surface area contributed by atoms with E-state index in [0.29, 0.717) is 12.1 Å². The van der Waals surface area contributed by atoms with Gasteiger partial charge < -0.3 is 10.8 Å². The molecule has 1 aromatic rings. The fourth-order valence-corrected chi connectivity index (χ4v) is 2.99. The van der Waals surface area contributed by atoms with Gasteiger partial charge in [-0.1, -0.05) is 30.9 Å². The maximum Gasteiger partial charge on any atom is 0.140 e. The van der Waals surface area contributed by atoms with Crippen LogP contribution in [0.25, 0.3) is 0 Å². The zero-order valence-electron chi connectivity index (χ0n) is 9.68. The van der Waals surface area contributed by atoms with Crippen LogP contribution in [-0.4, -0.2) is 11.7 Å². The van der Waals surface area contributed by atoms with Crippen LogP contribution in [0.1, 0.15) is 37.7 Å². The first-order valence-electron chi connectivity index (χ1n) is 5.98. The molecule has 1 fully saturated rings. The average molecular weight is 258 g/mol. The topological polar surface area (TPSA) is 46.2 Å². The van der Waals surface area contributed by atoms with Crippen LogP contribution in [0, 0.1) is 5.82 Å². The van der Waals surface area contributed by atoms with Crippen molar-refractivity contribution < 1.29 is 9.50 Å². The molecule has 0 aromatic heterocycles. The molecule has 0 atom stereocenters. The van der Waals surface area contributed by atoms with Crippen LogP contribution >= 0.6 is 11.6 Å². The Kier molecular flexibility index (Phi) is 3.59. The standard InChI is InChI=1S/C13H17ClFNO/c14-9-4-5-10(15)11(12(9)17)13(8-16)6-2-1-3-7-13/h4-5,17H,1-3,6-8,16H2. The third kappa shape index (κ3) is 2.14. The molecule has 2 nitrogen and oxygen atoms in total. The molecule has 17 heavy (non-hydrogen) atoms. The predicted octanol–water partition coefficient (Wildman–Crippen LogP) is 3.35. The zero-order valence-corrected chi connectivity index (χ0v) is 10.4. The number of hydrogen-bond donors (Lipinski definition) is 2. The third-order valence-corrected chi connectivity index (χ3v) is 4.11. The maximum absolute atomic E-state index is 14.0. The molecule has 1 aromatic carbocycles. The summed E-state index contributed by atoms with van der Waals surface area (Å²) in [7, 11) is 0. The summed E-state index contributed by atoms with van der Waals surface area (Å²) < 4.78 is 14.0. The summed E-state index contributed by atoms with van der Waals surface area (Å²) in [6.07, 6.45) is 4.80. The highest BCUT2D eigenvalue weighted by Crippen LogP contribution is 2.45. The molecule has 1 aliphatic rings. The number of rotatable bonds is 2. The average Bonchev–Trinajstić information content (AvgIpc) is 2.35. The molecule has 3 N–H and O–H groups in total. The SMILES string of the molecule is NCC1(c2c(F)ccc(Cl)c2O)CCCCC1. The molecule has 1 saturated carbocycles. The van der Waals surface area contributed by atoms with Crippen molar-refractivity contribution in [1.82, 2.24) is 0 Å². The number of aromatic hydroxyl groups is 1. The number of nitrogens with two attached hydrogens (primary N) is 1. The molecule has 0 amide bonds. The second-order valence-corrected chi connectivity index (χ2v) is 5.21. The van der Waals surface area contributed by atoms with E-state index in [2.05, 4.69) is 0 Å². The van der Waals surface area contributed by atoms with Gasteiger partial charge in [0.05, 0.1) is 5.02 Å². The van der Waals surface area contributed by atoms with Crippen LogP contribution in [0.2, 0.25) is 5.02 Å². The van der Waals surface area contributed by atoms with E-state index in [9.17, 15) is 9.50 Å². The largest absolute Gasteiger partial charge is 0.506 e. The lowest BCUT2D eigenvalue weighted by Gasteiger charge is -2.37. The molecule has 1 aliphatic carbocycles. The van der Waals surface area contributed by atoms with Gasteiger partial charge in [0.25, 0.3) is 0 Å². The molecule has 0 aliphatic heterocycles. The molecule has 4 heteroatoms. The quantitative estimate of drug-likeness (QED) is 0.854. The number of hydrogen-bond acceptors (Lipinski definition) is 2. The van der Waals surface area contributed by atoms with E-state index >= 15 is 0 Å². The molecular formula is C13H17ClFNO. The molecule has 0 heterocycles. The van der Waals surface area contributed by atoms with Gasteiger partial charge in [0.15, 0.2) is 0 Å². The lowest BCUT2D eigenvalue weighted by Crippen LogP contribution is -2.38. The Morgan fingerprint density at radius 1 is 1.29 bits per heavy atom. The van der Waals surface area contributed by atoms with Crippen molar-refractivity contribution in [3.05, 3.63) is 28.5 Å². The number of phenols is 1. The summed E-state index contributed by atoms with van der Waals surface area (Å²) >= 11 is 5.87. The van der Waals surface area contributed by atoms with E-state index in [1.165, 1.54) is 12.1 Å². The van der Waals surface area contributed by atoms with E-state index in [0.717, 1.165) is 32.1 Å². The van der Waals surface area contributed by atoms with Crippen LogP contribution < -0.4 is 5.73 Å². The van der Waals surface area contributed by atoms with Crippen LogP contribution in [0.4, 0.5) is 4.39 Å². The van der Waals surface area contributed by atoms with Crippen LogP contribution in [0.3, 0.4) is 0 Å². The van der Waals surface area contributed by atoms with Crippen molar-refractivity contribution >= 4 is 11.6 Å². The summed E-state index contributed by atoms with van der Waals surface area (Å²) in [5, 5.41) is 10.2. The lowest BCUT2D eigenvalue weighted by atomic mass is 9.69. The van der Waals surface area contributed by atoms with Crippen LogP contribution in [-0.2, 0) is 5.41 Å². The Hall–Kier alpha value is -0.800. The van der Waals surface area contributed by atoms with Gasteiger partial charge in [0.1, 0.15) is 11.6 Å². The van der Waals surface area contributed by atoms with Gasteiger partial charge in [-0.25, -0.2) is 4.39 Å². The Morgan fingerprint density at radius 3 is 2.53 bits per heavy atom. The van der Waals surface area contributed by atoms with E-state index in [1.807, 2.05) is 0 Å². The Bertz CT molecular complexity index is 416. The monoisotopic (exact) mass is 257 g/mol. The first-order chi connectivity index (χ1) is 8.10. The highest BCUT2D eigenvalue weighted by molar-refractivity contribution is 6.32. The molecule has 0 radical (unpaired) electrons. The maximum atomic E-state index is 14.0. The minimum absolute atomic E-state index is 0.140. The van der Waals surface area contributed by atoms with Crippen molar-refractivity contribution in [3.8, 4) is 5.75 Å². The highest BCUT2D eigenvalue weighted by Gasteiger charge is 2.37. The lowest BCUT2D eigenvalue weighted by molar-refractivity contribution is 0.281. The third-order valence-electron chi connectivity index (χ3n) is 3.81. The van der Waals surface area contributed by atoms with Gasteiger partial charge in [0.2, 0.25) is 0 Å². The second kappa shape index (κ2) is 4.83. The molecule has 0 saturated heterocycles. The Morgan fingerprint density at radius 2 is 1.94 bits per heavy atom. The summed E-state index contributed by atoms with van der Waals surface area (Å²) in [6.45, 7) is 0.345. The van der Waals surface area contributed by atoms with Crippen molar-refractivity contribution in [3.63, 3.8) is 0 Å². The first-order valence-corrected chi connectivity index (χ1v) is 6.36. The van der Waals surface area contributed by atoms with E-state index in [-0.39, 0.29) is 10.8 Å². The van der Waals surface area contributed by atoms with Gasteiger partial charge in [-0.2, -0.15) is 0 Å². The van der Waals surface area contributed by atoms with Crippen molar-refractivity contribution in [1.29, 1.82) is 0 Å². The number of halogens is 2. The normalized spacial score (nSPS) is 19.2. The van der Waals surface area contributed by atoms with Gasteiger partial charge in [-0.05, 0) is 25.0 Å². The second-order valence-electron chi connectivity index (χ2n) is 4.80. The highest BCUT2D eigenvalue weighted by atomic mass is 35.5. The zero-order chi connectivity index (χ0) is 12.5. The van der Waals surface area contributed by atoms with Crippen LogP contribution in [0.5, 0.6) is 5.75 Å². The van der Waals surface area contributed by atoms with E-state index in [4.69, 9.17) is 17.3 Å². The number of phenolic OH excluding ortho intramolecular Hbond substituents is 1. The van der Waals surface area contributed by atoms with Gasteiger partial charge >= 0.3 is 0 Å². The Balaban J connectivity index is 2.53. The number of benzene rings is 1. The molecule has 2 rings (SSSR count). The summed E-state index contributed by atoms with van der Waals surface area (Å²) in [5.74, 6) is -0.543. The van der Waals surface area contributed by atoms with Gasteiger partial charge in [-0.15, -0.1) is 0 Å². The molecule has 0 bridgehead atoms. The van der Waals surface area contributed by atoms with Crippen molar-refractivity contribution in [2.75, 3.05) is 6.54 Å². The van der Waals surface area contributed by atoms with Crippen LogP contribution in [0.15, 0.2) is 12.1 Å². The predicted molar refractivity (Wildman–Crippen MR) is 66.9 cm³/mol. The van der Waals surface area contributed by atoms with E-state index < -0.39 is 11.2 Å². The summed E-state index contributed by atoms with van der Waals surface area (Å²) in [6, 6.07) is 2.69. The first kappa shape index (κ1) is 12.7. The van der Waals surface area contributed by atoms with Gasteiger partial charge in [-0.3, -0.25) is 0 Å². The fourth-order valence-electron chi connectivity index (χ4n) is 2.83. The molecule has 0 unspecified atom stereocenters. The fraction of sp³-hybridized carbons (Fsp3) is 0.538. The summed E-state index contributed by atoms with van der Waals surface area (Å²) in [5.41, 5.74) is 5.70. The van der Waals surface area contributed by atoms with Crippen molar-refractivity contribution in [2.45, 2.75) is 37.5 Å².